The lowest BCUT2D eigenvalue weighted by atomic mass is 10.2. The van der Waals surface area contributed by atoms with Gasteiger partial charge in [-0.2, -0.15) is 4.39 Å². The van der Waals surface area contributed by atoms with E-state index in [0.717, 1.165) is 32.3 Å². The number of hydrogen-bond donors (Lipinski definition) is 0. The van der Waals surface area contributed by atoms with Gasteiger partial charge in [-0.3, -0.25) is 4.79 Å². The fourth-order valence-electron chi connectivity index (χ4n) is 2.18. The Hall–Kier alpha value is -1.56. The molecule has 1 aromatic heterocycles. The van der Waals surface area contributed by atoms with E-state index in [1.165, 1.54) is 11.0 Å². The first-order chi connectivity index (χ1) is 10.0. The topological polar surface area (TPSA) is 36.4 Å². The quantitative estimate of drug-likeness (QED) is 0.692. The van der Waals surface area contributed by atoms with Crippen molar-refractivity contribution in [2.75, 3.05) is 32.7 Å². The highest BCUT2D eigenvalue weighted by molar-refractivity contribution is 5.94. The van der Waals surface area contributed by atoms with Crippen LogP contribution < -0.4 is 0 Å². The Morgan fingerprint density at radius 1 is 1.14 bits per heavy atom. The van der Waals surface area contributed by atoms with Gasteiger partial charge in [0, 0.05) is 19.3 Å². The van der Waals surface area contributed by atoms with E-state index in [4.69, 9.17) is 0 Å². The number of hydrogen-bond acceptors (Lipinski definition) is 3. The Labute approximate surface area is 124 Å². The Morgan fingerprint density at radius 2 is 1.81 bits per heavy atom. The first-order valence-electron chi connectivity index (χ1n) is 7.36. The number of aromatic nitrogens is 1. The minimum absolute atomic E-state index is 0.257. The summed E-state index contributed by atoms with van der Waals surface area (Å²) in [4.78, 5) is 19.2. The van der Waals surface area contributed by atoms with Gasteiger partial charge in [0.15, 0.2) is 5.82 Å². The number of nitrogens with zero attached hydrogens (tertiary/aromatic N) is 3. The summed E-state index contributed by atoms with van der Waals surface area (Å²) in [7, 11) is 0. The van der Waals surface area contributed by atoms with Crippen LogP contribution in [-0.2, 0) is 0 Å². The van der Waals surface area contributed by atoms with Crippen molar-refractivity contribution < 1.29 is 13.6 Å². The SMILES string of the molecule is CCN(CC)CCCN(CC)C(=O)c1ccnc(F)c1F. The third-order valence-corrected chi connectivity index (χ3v) is 3.54. The Balaban J connectivity index is 2.67. The molecule has 0 aliphatic carbocycles. The second-order valence-electron chi connectivity index (χ2n) is 4.73. The number of carbonyl (C=O) groups is 1. The van der Waals surface area contributed by atoms with Gasteiger partial charge in [-0.25, -0.2) is 9.37 Å². The van der Waals surface area contributed by atoms with Crippen molar-refractivity contribution in [2.24, 2.45) is 0 Å². The van der Waals surface area contributed by atoms with Crippen molar-refractivity contribution in [1.82, 2.24) is 14.8 Å². The van der Waals surface area contributed by atoms with Gasteiger partial charge in [-0.15, -0.1) is 0 Å². The molecule has 4 nitrogen and oxygen atoms in total. The van der Waals surface area contributed by atoms with Gasteiger partial charge < -0.3 is 9.80 Å². The van der Waals surface area contributed by atoms with Crippen molar-refractivity contribution in [3.8, 4) is 0 Å². The molecule has 0 spiro atoms. The zero-order valence-corrected chi connectivity index (χ0v) is 12.9. The fourth-order valence-corrected chi connectivity index (χ4v) is 2.18. The Morgan fingerprint density at radius 3 is 2.38 bits per heavy atom. The summed E-state index contributed by atoms with van der Waals surface area (Å²) in [5.41, 5.74) is -0.257. The van der Waals surface area contributed by atoms with Crippen LogP contribution >= 0.6 is 0 Å². The largest absolute Gasteiger partial charge is 0.339 e. The lowest BCUT2D eigenvalue weighted by Gasteiger charge is -2.23. The molecule has 118 valence electrons. The molecule has 1 aromatic rings. The molecule has 6 heteroatoms. The molecule has 0 bridgehead atoms. The van der Waals surface area contributed by atoms with E-state index in [1.807, 2.05) is 6.92 Å². The molecule has 1 heterocycles. The van der Waals surface area contributed by atoms with E-state index in [1.54, 1.807) is 0 Å². The van der Waals surface area contributed by atoms with E-state index in [9.17, 15) is 13.6 Å². The first kappa shape index (κ1) is 17.5. The molecule has 0 N–H and O–H groups in total. The second-order valence-corrected chi connectivity index (χ2v) is 4.73. The van der Waals surface area contributed by atoms with Crippen LogP contribution in [0.15, 0.2) is 12.3 Å². The molecular weight excluding hydrogens is 276 g/mol. The zero-order chi connectivity index (χ0) is 15.8. The molecule has 0 aromatic carbocycles. The standard InChI is InChI=1S/C15H23F2N3O/c1-4-19(5-2)10-7-11-20(6-3)15(21)12-8-9-18-14(17)13(12)16/h8-9H,4-7,10-11H2,1-3H3. The maximum atomic E-state index is 13.6. The second kappa shape index (κ2) is 8.67. The van der Waals surface area contributed by atoms with Crippen LogP contribution in [0.25, 0.3) is 0 Å². The summed E-state index contributed by atoms with van der Waals surface area (Å²) in [5, 5.41) is 0. The summed E-state index contributed by atoms with van der Waals surface area (Å²) in [5.74, 6) is -2.90. The molecule has 0 radical (unpaired) electrons. The summed E-state index contributed by atoms with van der Waals surface area (Å²) >= 11 is 0. The fraction of sp³-hybridized carbons (Fsp3) is 0.600. The number of carbonyl (C=O) groups excluding carboxylic acids is 1. The van der Waals surface area contributed by atoms with E-state index >= 15 is 0 Å². The summed E-state index contributed by atoms with van der Waals surface area (Å²) in [6.07, 6.45) is 1.91. The molecule has 21 heavy (non-hydrogen) atoms. The van der Waals surface area contributed by atoms with Crippen LogP contribution in [0, 0.1) is 11.8 Å². The van der Waals surface area contributed by atoms with Gasteiger partial charge in [0.2, 0.25) is 5.95 Å². The minimum Gasteiger partial charge on any atom is -0.339 e. The Kier molecular flexibility index (Phi) is 7.22. The van der Waals surface area contributed by atoms with Crippen molar-refractivity contribution in [2.45, 2.75) is 27.2 Å². The van der Waals surface area contributed by atoms with Crippen LogP contribution in [0.5, 0.6) is 0 Å². The van der Waals surface area contributed by atoms with Crippen LogP contribution in [0.1, 0.15) is 37.6 Å². The molecule has 0 fully saturated rings. The van der Waals surface area contributed by atoms with E-state index in [-0.39, 0.29) is 5.56 Å². The molecule has 0 saturated heterocycles. The van der Waals surface area contributed by atoms with Crippen LogP contribution in [0.3, 0.4) is 0 Å². The maximum Gasteiger partial charge on any atom is 0.257 e. The van der Waals surface area contributed by atoms with Crippen LogP contribution in [-0.4, -0.2) is 53.4 Å². The molecule has 0 unspecified atom stereocenters. The highest BCUT2D eigenvalue weighted by Gasteiger charge is 2.20. The van der Waals surface area contributed by atoms with Gasteiger partial charge in [0.1, 0.15) is 0 Å². The number of rotatable bonds is 8. The monoisotopic (exact) mass is 299 g/mol. The third-order valence-electron chi connectivity index (χ3n) is 3.54. The van der Waals surface area contributed by atoms with Gasteiger partial charge in [-0.05, 0) is 39.0 Å². The predicted molar refractivity (Wildman–Crippen MR) is 78.1 cm³/mol. The van der Waals surface area contributed by atoms with E-state index in [0.29, 0.717) is 13.1 Å². The smallest absolute Gasteiger partial charge is 0.257 e. The van der Waals surface area contributed by atoms with Crippen LogP contribution in [0.2, 0.25) is 0 Å². The molecular formula is C15H23F2N3O. The molecule has 1 rings (SSSR count). The average molecular weight is 299 g/mol. The maximum absolute atomic E-state index is 13.6. The molecule has 0 aliphatic rings. The van der Waals surface area contributed by atoms with E-state index < -0.39 is 17.7 Å². The Bertz CT molecular complexity index is 464. The van der Waals surface area contributed by atoms with Gasteiger partial charge in [0.25, 0.3) is 5.91 Å². The van der Waals surface area contributed by atoms with Crippen molar-refractivity contribution in [3.63, 3.8) is 0 Å². The highest BCUT2D eigenvalue weighted by Crippen LogP contribution is 2.12. The van der Waals surface area contributed by atoms with Crippen molar-refractivity contribution in [3.05, 3.63) is 29.6 Å². The number of amides is 1. The minimum atomic E-state index is -1.24. The predicted octanol–water partition coefficient (Wildman–Crippen LogP) is 2.55. The highest BCUT2D eigenvalue weighted by atomic mass is 19.2. The van der Waals surface area contributed by atoms with Crippen LogP contribution in [0.4, 0.5) is 8.78 Å². The van der Waals surface area contributed by atoms with Gasteiger partial charge in [0.05, 0.1) is 5.56 Å². The van der Waals surface area contributed by atoms with Gasteiger partial charge >= 0.3 is 0 Å². The summed E-state index contributed by atoms with van der Waals surface area (Å²) < 4.78 is 26.7. The zero-order valence-electron chi connectivity index (χ0n) is 12.9. The third kappa shape index (κ3) is 4.74. The number of pyridine rings is 1. The molecule has 0 aliphatic heterocycles. The summed E-state index contributed by atoms with van der Waals surface area (Å²) in [6.45, 7) is 9.77. The summed E-state index contributed by atoms with van der Waals surface area (Å²) in [6, 6.07) is 1.22. The lowest BCUT2D eigenvalue weighted by molar-refractivity contribution is 0.0751. The van der Waals surface area contributed by atoms with E-state index in [2.05, 4.69) is 23.7 Å². The van der Waals surface area contributed by atoms with Crippen molar-refractivity contribution >= 4 is 5.91 Å². The number of halogens is 2. The lowest BCUT2D eigenvalue weighted by Crippen LogP contribution is -2.35. The van der Waals surface area contributed by atoms with Gasteiger partial charge in [-0.1, -0.05) is 13.8 Å². The first-order valence-corrected chi connectivity index (χ1v) is 7.36. The molecule has 0 saturated carbocycles. The average Bonchev–Trinajstić information content (AvgIpc) is 2.50. The molecule has 0 atom stereocenters. The molecule has 1 amide bonds. The van der Waals surface area contributed by atoms with Crippen molar-refractivity contribution in [1.29, 1.82) is 0 Å². The normalized spacial score (nSPS) is 11.0.